The number of fused-ring (bicyclic) bond motifs is 1. The number of hydrogen-bond acceptors (Lipinski definition) is 3. The highest BCUT2D eigenvalue weighted by Gasteiger charge is 2.34. The van der Waals surface area contributed by atoms with Crippen LogP contribution in [0, 0.1) is 30.6 Å². The van der Waals surface area contributed by atoms with E-state index in [0.717, 1.165) is 34.4 Å². The summed E-state index contributed by atoms with van der Waals surface area (Å²) < 4.78 is 5.53. The molecule has 1 atom stereocenters. The number of rotatable bonds is 2. The summed E-state index contributed by atoms with van der Waals surface area (Å²) in [5.41, 5.74) is 5.05. The van der Waals surface area contributed by atoms with Crippen LogP contribution in [-0.2, 0) is 4.79 Å². The summed E-state index contributed by atoms with van der Waals surface area (Å²) in [5, 5.41) is 9.62. The number of nitrogens with zero attached hydrogens (tertiary/aromatic N) is 1. The fraction of sp³-hybridized carbons (Fsp3) is 0.545. The number of hydrogen-bond donors (Lipinski definition) is 0. The van der Waals surface area contributed by atoms with Crippen molar-refractivity contribution >= 4 is 11.4 Å². The van der Waals surface area contributed by atoms with Gasteiger partial charge in [0.15, 0.2) is 5.78 Å². The van der Waals surface area contributed by atoms with Gasteiger partial charge in [-0.1, -0.05) is 41.5 Å². The molecule has 0 bridgehead atoms. The molecule has 136 valence electrons. The molecule has 0 amide bonds. The maximum absolute atomic E-state index is 12.7. The Hall–Kier alpha value is -2.08. The quantitative estimate of drug-likeness (QED) is 0.509. The van der Waals surface area contributed by atoms with Gasteiger partial charge in [0.25, 0.3) is 0 Å². The Balaban J connectivity index is 0.00000151. The number of ether oxygens (including phenoxy) is 1. The van der Waals surface area contributed by atoms with E-state index in [1.807, 2.05) is 41.5 Å². The normalized spacial score (nSPS) is 17.8. The Labute approximate surface area is 152 Å². The lowest BCUT2D eigenvalue weighted by atomic mass is 9.83. The molecule has 0 heterocycles. The highest BCUT2D eigenvalue weighted by atomic mass is 16.5. The Bertz CT molecular complexity index is 743. The first-order chi connectivity index (χ1) is 11.6. The summed E-state index contributed by atoms with van der Waals surface area (Å²) in [6.45, 7) is 15.8. The Morgan fingerprint density at radius 2 is 1.84 bits per heavy atom. The van der Waals surface area contributed by atoms with Crippen LogP contribution in [0.4, 0.5) is 0 Å². The summed E-state index contributed by atoms with van der Waals surface area (Å²) in [6.07, 6.45) is 0.730. The zero-order valence-electron chi connectivity index (χ0n) is 17.1. The predicted octanol–water partition coefficient (Wildman–Crippen LogP) is 5.74. The molecular formula is C22H31NO2. The van der Waals surface area contributed by atoms with Crippen LogP contribution in [-0.4, -0.2) is 12.9 Å². The van der Waals surface area contributed by atoms with Crippen LogP contribution in [0.1, 0.15) is 76.1 Å². The molecule has 1 aromatic rings. The van der Waals surface area contributed by atoms with Gasteiger partial charge in [0.05, 0.1) is 12.7 Å². The number of aryl methyl sites for hydroxylation is 1. The molecule has 0 N–H and O–H groups in total. The van der Waals surface area contributed by atoms with E-state index >= 15 is 0 Å². The number of carbonyl (C=O) groups excluding carboxylic acids is 1. The number of carbonyl (C=O) groups is 1. The lowest BCUT2D eigenvalue weighted by Gasteiger charge is -2.18. The second-order valence-corrected chi connectivity index (χ2v) is 7.46. The molecule has 1 unspecified atom stereocenters. The highest BCUT2D eigenvalue weighted by Crippen LogP contribution is 2.47. The van der Waals surface area contributed by atoms with Crippen LogP contribution in [0.5, 0.6) is 5.75 Å². The van der Waals surface area contributed by atoms with Crippen LogP contribution < -0.4 is 4.74 Å². The molecule has 2 rings (SSSR count). The second-order valence-electron chi connectivity index (χ2n) is 7.46. The van der Waals surface area contributed by atoms with Gasteiger partial charge in [-0.05, 0) is 60.1 Å². The molecule has 3 nitrogen and oxygen atoms in total. The zero-order chi connectivity index (χ0) is 19.5. The van der Waals surface area contributed by atoms with Gasteiger partial charge in [-0.25, -0.2) is 0 Å². The first kappa shape index (κ1) is 21.0. The van der Waals surface area contributed by atoms with E-state index in [0.29, 0.717) is 5.57 Å². The molecule has 0 aliphatic heterocycles. The van der Waals surface area contributed by atoms with Crippen LogP contribution in [0.2, 0.25) is 0 Å². The first-order valence-electron chi connectivity index (χ1n) is 9.00. The van der Waals surface area contributed by atoms with Crippen LogP contribution in [0.3, 0.4) is 0 Å². The molecule has 0 spiro atoms. The molecule has 0 radical (unpaired) electrons. The standard InChI is InChI=1S/C20H25NO2.C2H6/c1-11-8-14(16(10-21)19(22)20(4,5)6)15-9-12(2)18(23-7)13(3)17(11)15;1-2/h9,11H,8H2,1-7H3;1-2H3/b16-14+;. The van der Waals surface area contributed by atoms with E-state index in [9.17, 15) is 10.1 Å². The number of allylic oxidation sites excluding steroid dienone is 2. The van der Waals surface area contributed by atoms with Gasteiger partial charge in [-0.3, -0.25) is 4.79 Å². The van der Waals surface area contributed by atoms with Gasteiger partial charge in [0, 0.05) is 5.41 Å². The summed E-state index contributed by atoms with van der Waals surface area (Å²) in [4.78, 5) is 12.7. The third-order valence-corrected chi connectivity index (χ3v) is 4.61. The topological polar surface area (TPSA) is 50.1 Å². The van der Waals surface area contributed by atoms with Gasteiger partial charge in [-0.15, -0.1) is 0 Å². The Morgan fingerprint density at radius 1 is 1.28 bits per heavy atom. The number of methoxy groups -OCH3 is 1. The second kappa shape index (κ2) is 7.87. The lowest BCUT2D eigenvalue weighted by molar-refractivity contribution is -0.122. The maximum Gasteiger partial charge on any atom is 0.178 e. The van der Waals surface area contributed by atoms with Crippen molar-refractivity contribution in [3.05, 3.63) is 33.9 Å². The smallest absolute Gasteiger partial charge is 0.178 e. The number of ketones is 1. The Kier molecular flexibility index (Phi) is 6.60. The van der Waals surface area contributed by atoms with Crippen molar-refractivity contribution in [2.24, 2.45) is 5.41 Å². The van der Waals surface area contributed by atoms with Crippen molar-refractivity contribution in [1.82, 2.24) is 0 Å². The monoisotopic (exact) mass is 341 g/mol. The molecular weight excluding hydrogens is 310 g/mol. The number of nitriles is 1. The molecule has 3 heteroatoms. The van der Waals surface area contributed by atoms with E-state index in [1.54, 1.807) is 7.11 Å². The van der Waals surface area contributed by atoms with Gasteiger partial charge >= 0.3 is 0 Å². The number of benzene rings is 1. The minimum Gasteiger partial charge on any atom is -0.496 e. The molecule has 1 aromatic carbocycles. The van der Waals surface area contributed by atoms with E-state index in [2.05, 4.69) is 26.0 Å². The van der Waals surface area contributed by atoms with E-state index < -0.39 is 5.41 Å². The Morgan fingerprint density at radius 3 is 2.28 bits per heavy atom. The van der Waals surface area contributed by atoms with Gasteiger partial charge in [0.1, 0.15) is 11.8 Å². The zero-order valence-corrected chi connectivity index (χ0v) is 17.1. The predicted molar refractivity (Wildman–Crippen MR) is 104 cm³/mol. The molecule has 1 aliphatic carbocycles. The van der Waals surface area contributed by atoms with Crippen molar-refractivity contribution < 1.29 is 9.53 Å². The maximum atomic E-state index is 12.7. The summed E-state index contributed by atoms with van der Waals surface area (Å²) in [5.74, 6) is 1.10. The third-order valence-electron chi connectivity index (χ3n) is 4.61. The van der Waals surface area contributed by atoms with E-state index in [-0.39, 0.29) is 11.7 Å². The highest BCUT2D eigenvalue weighted by molar-refractivity contribution is 6.09. The van der Waals surface area contributed by atoms with Crippen molar-refractivity contribution in [3.63, 3.8) is 0 Å². The molecule has 0 saturated heterocycles. The van der Waals surface area contributed by atoms with E-state index in [4.69, 9.17) is 4.74 Å². The molecule has 1 aliphatic rings. The first-order valence-corrected chi connectivity index (χ1v) is 9.00. The molecule has 0 fully saturated rings. The lowest BCUT2D eigenvalue weighted by Crippen LogP contribution is -2.22. The summed E-state index contributed by atoms with van der Waals surface area (Å²) in [7, 11) is 1.68. The van der Waals surface area contributed by atoms with E-state index in [1.165, 1.54) is 5.56 Å². The minimum absolute atomic E-state index is 0.0822. The van der Waals surface area contributed by atoms with Crippen molar-refractivity contribution in [2.75, 3.05) is 7.11 Å². The van der Waals surface area contributed by atoms with Gasteiger partial charge in [0.2, 0.25) is 0 Å². The number of Topliss-reactive ketones (excluding diaryl/α,β-unsaturated/α-hetero) is 1. The molecule has 0 aromatic heterocycles. The fourth-order valence-corrected chi connectivity index (χ4v) is 3.56. The largest absolute Gasteiger partial charge is 0.496 e. The average molecular weight is 341 g/mol. The van der Waals surface area contributed by atoms with Crippen LogP contribution in [0.15, 0.2) is 11.6 Å². The van der Waals surface area contributed by atoms with Crippen molar-refractivity contribution in [1.29, 1.82) is 5.26 Å². The fourth-order valence-electron chi connectivity index (χ4n) is 3.56. The van der Waals surface area contributed by atoms with Crippen molar-refractivity contribution in [3.8, 4) is 11.8 Å². The van der Waals surface area contributed by atoms with Crippen molar-refractivity contribution in [2.45, 2.75) is 67.7 Å². The molecule has 0 saturated carbocycles. The van der Waals surface area contributed by atoms with Gasteiger partial charge in [-0.2, -0.15) is 5.26 Å². The van der Waals surface area contributed by atoms with Crippen LogP contribution >= 0.6 is 0 Å². The van der Waals surface area contributed by atoms with Crippen LogP contribution in [0.25, 0.3) is 5.57 Å². The summed E-state index contributed by atoms with van der Waals surface area (Å²) >= 11 is 0. The SMILES string of the molecule is CC.COc1c(C)cc2c(c1C)C(C)C/C2=C(/C#N)C(=O)C(C)(C)C. The van der Waals surface area contributed by atoms with Gasteiger partial charge < -0.3 is 4.74 Å². The molecule has 25 heavy (non-hydrogen) atoms. The summed E-state index contributed by atoms with van der Waals surface area (Å²) in [6, 6.07) is 4.24. The minimum atomic E-state index is -0.555. The third kappa shape index (κ3) is 3.79. The average Bonchev–Trinajstić information content (AvgIpc) is 2.86.